The highest BCUT2D eigenvalue weighted by Crippen LogP contribution is 2.32. The van der Waals surface area contributed by atoms with Crippen LogP contribution in [0.15, 0.2) is 52.4 Å². The number of hydrogen-bond acceptors (Lipinski definition) is 5. The normalized spacial score (nSPS) is 16.9. The fourth-order valence-corrected chi connectivity index (χ4v) is 3.44. The summed E-state index contributed by atoms with van der Waals surface area (Å²) in [6.45, 7) is 1.89. The number of benzene rings is 1. The van der Waals surface area contributed by atoms with Gasteiger partial charge in [-0.1, -0.05) is 0 Å². The Balaban J connectivity index is 1.97. The minimum atomic E-state index is -0.620. The number of esters is 1. The van der Waals surface area contributed by atoms with E-state index in [2.05, 4.69) is 5.32 Å². The van der Waals surface area contributed by atoms with Crippen LogP contribution < -0.4 is 10.1 Å². The van der Waals surface area contributed by atoms with Gasteiger partial charge >= 0.3 is 12.0 Å². The molecule has 0 aliphatic carbocycles. The first-order valence-corrected chi connectivity index (χ1v) is 9.30. The van der Waals surface area contributed by atoms with Gasteiger partial charge in [-0.25, -0.2) is 14.0 Å². The summed E-state index contributed by atoms with van der Waals surface area (Å²) in [6.07, 6.45) is 0. The molecular weight excluding hydrogens is 371 g/mol. The second kappa shape index (κ2) is 8.22. The van der Waals surface area contributed by atoms with Crippen molar-refractivity contribution in [2.24, 2.45) is 0 Å². The average Bonchev–Trinajstić information content (AvgIpc) is 3.18. The zero-order valence-corrected chi connectivity index (χ0v) is 15.7. The second-order valence-corrected chi connectivity index (χ2v) is 6.60. The van der Waals surface area contributed by atoms with Crippen molar-refractivity contribution in [2.45, 2.75) is 13.0 Å². The summed E-state index contributed by atoms with van der Waals surface area (Å²) in [5, 5.41) is 6.56. The number of carbonyl (C=O) groups is 2. The maximum absolute atomic E-state index is 13.1. The molecule has 0 unspecified atom stereocenters. The molecule has 0 radical (unpaired) electrons. The third kappa shape index (κ3) is 4.11. The Hall–Kier alpha value is -2.87. The van der Waals surface area contributed by atoms with Crippen molar-refractivity contribution in [3.8, 4) is 5.75 Å². The summed E-state index contributed by atoms with van der Waals surface area (Å²) >= 11 is 1.47. The molecule has 6 nitrogen and oxygen atoms in total. The molecule has 1 N–H and O–H groups in total. The van der Waals surface area contributed by atoms with Gasteiger partial charge in [0.05, 0.1) is 23.9 Å². The van der Waals surface area contributed by atoms with Crippen molar-refractivity contribution < 1.29 is 23.5 Å². The number of carbonyl (C=O) groups excluding carboxylic acids is 2. The number of ether oxygens (including phenoxy) is 2. The number of urea groups is 1. The van der Waals surface area contributed by atoms with Crippen LogP contribution in [0.3, 0.4) is 0 Å². The first kappa shape index (κ1) is 18.9. The number of nitrogens with zero attached hydrogens (tertiary/aromatic N) is 1. The van der Waals surface area contributed by atoms with E-state index in [1.807, 2.05) is 16.8 Å². The SMILES string of the molecule is CCOC(=O)C1=C(COc2ccc(F)cc2)N(C)C(=O)N[C@@H]1c1ccsc1. The Labute approximate surface area is 160 Å². The lowest BCUT2D eigenvalue weighted by atomic mass is 9.97. The van der Waals surface area contributed by atoms with Crippen molar-refractivity contribution in [1.82, 2.24) is 10.2 Å². The molecule has 8 heteroatoms. The summed E-state index contributed by atoms with van der Waals surface area (Å²) in [4.78, 5) is 26.4. The standard InChI is InChI=1S/C19H19FN2O4S/c1-3-25-18(23)16-15(10-26-14-6-4-13(20)5-7-14)22(2)19(24)21-17(16)12-8-9-27-11-12/h4-9,11,17H,3,10H2,1-2H3,(H,21,24)/t17-/m1/s1. The van der Waals surface area contributed by atoms with Gasteiger partial charge in [-0.05, 0) is 53.6 Å². The molecule has 0 saturated carbocycles. The summed E-state index contributed by atoms with van der Waals surface area (Å²) < 4.78 is 24.0. The van der Waals surface area contributed by atoms with Crippen molar-refractivity contribution in [2.75, 3.05) is 20.3 Å². The van der Waals surface area contributed by atoms with Gasteiger partial charge in [0.2, 0.25) is 0 Å². The summed E-state index contributed by atoms with van der Waals surface area (Å²) in [6, 6.07) is 6.41. The Morgan fingerprint density at radius 2 is 2.04 bits per heavy atom. The van der Waals surface area contributed by atoms with Gasteiger partial charge in [0.15, 0.2) is 0 Å². The molecule has 2 heterocycles. The molecule has 1 aliphatic rings. The third-order valence-electron chi connectivity index (χ3n) is 4.14. The van der Waals surface area contributed by atoms with Crippen LogP contribution in [0.5, 0.6) is 5.75 Å². The fourth-order valence-electron chi connectivity index (χ4n) is 2.75. The van der Waals surface area contributed by atoms with E-state index in [1.165, 1.54) is 40.5 Å². The van der Waals surface area contributed by atoms with E-state index in [0.717, 1.165) is 5.56 Å². The van der Waals surface area contributed by atoms with Crippen LogP contribution in [0.1, 0.15) is 18.5 Å². The minimum Gasteiger partial charge on any atom is -0.487 e. The van der Waals surface area contributed by atoms with Crippen LogP contribution in [0.25, 0.3) is 0 Å². The number of hydrogen-bond donors (Lipinski definition) is 1. The second-order valence-electron chi connectivity index (χ2n) is 5.82. The molecule has 27 heavy (non-hydrogen) atoms. The highest BCUT2D eigenvalue weighted by molar-refractivity contribution is 7.08. The van der Waals surface area contributed by atoms with Gasteiger partial charge in [-0.3, -0.25) is 4.90 Å². The van der Waals surface area contributed by atoms with E-state index in [1.54, 1.807) is 14.0 Å². The molecule has 1 atom stereocenters. The average molecular weight is 390 g/mol. The molecule has 1 aromatic heterocycles. The van der Waals surface area contributed by atoms with Crippen LogP contribution in [0.2, 0.25) is 0 Å². The van der Waals surface area contributed by atoms with Crippen molar-refractivity contribution in [3.63, 3.8) is 0 Å². The maximum atomic E-state index is 13.1. The molecule has 142 valence electrons. The monoisotopic (exact) mass is 390 g/mol. The highest BCUT2D eigenvalue weighted by Gasteiger charge is 2.37. The lowest BCUT2D eigenvalue weighted by Gasteiger charge is -2.34. The Bertz CT molecular complexity index is 849. The topological polar surface area (TPSA) is 67.9 Å². The van der Waals surface area contributed by atoms with Gasteiger partial charge in [0, 0.05) is 7.05 Å². The van der Waals surface area contributed by atoms with Crippen LogP contribution in [-0.2, 0) is 9.53 Å². The largest absolute Gasteiger partial charge is 0.487 e. The molecule has 2 amide bonds. The quantitative estimate of drug-likeness (QED) is 0.767. The first-order valence-electron chi connectivity index (χ1n) is 8.36. The van der Waals surface area contributed by atoms with E-state index in [9.17, 15) is 14.0 Å². The first-order chi connectivity index (χ1) is 13.0. The lowest BCUT2D eigenvalue weighted by molar-refractivity contribution is -0.139. The van der Waals surface area contributed by atoms with Crippen molar-refractivity contribution in [1.29, 1.82) is 0 Å². The third-order valence-corrected chi connectivity index (χ3v) is 4.84. The predicted molar refractivity (Wildman–Crippen MR) is 98.9 cm³/mol. The van der Waals surface area contributed by atoms with Crippen molar-refractivity contribution >= 4 is 23.3 Å². The summed E-state index contributed by atoms with van der Waals surface area (Å²) in [7, 11) is 1.56. The van der Waals surface area contributed by atoms with Gasteiger partial charge < -0.3 is 14.8 Å². The predicted octanol–water partition coefficient (Wildman–Crippen LogP) is 3.48. The maximum Gasteiger partial charge on any atom is 0.338 e. The zero-order chi connectivity index (χ0) is 19.4. The number of rotatable bonds is 6. The van der Waals surface area contributed by atoms with E-state index >= 15 is 0 Å². The smallest absolute Gasteiger partial charge is 0.338 e. The van der Waals surface area contributed by atoms with E-state index < -0.39 is 12.0 Å². The molecular formula is C19H19FN2O4S. The minimum absolute atomic E-state index is 0.0374. The number of likely N-dealkylation sites (N-methyl/N-ethyl adjacent to an activating group) is 1. The summed E-state index contributed by atoms with van der Waals surface area (Å²) in [5.74, 6) is -0.461. The molecule has 1 aromatic carbocycles. The highest BCUT2D eigenvalue weighted by atomic mass is 32.1. The van der Waals surface area contributed by atoms with Gasteiger partial charge in [0.1, 0.15) is 18.2 Å². The fraction of sp³-hybridized carbons (Fsp3) is 0.263. The molecule has 0 spiro atoms. The number of halogens is 1. The van der Waals surface area contributed by atoms with Crippen LogP contribution >= 0.6 is 11.3 Å². The van der Waals surface area contributed by atoms with Crippen LogP contribution in [0, 0.1) is 5.82 Å². The van der Waals surface area contributed by atoms with Crippen LogP contribution in [0.4, 0.5) is 9.18 Å². The zero-order valence-electron chi connectivity index (χ0n) is 14.9. The van der Waals surface area contributed by atoms with Gasteiger partial charge in [-0.15, -0.1) is 0 Å². The van der Waals surface area contributed by atoms with E-state index in [-0.39, 0.29) is 25.1 Å². The number of thiophene rings is 1. The molecule has 2 aromatic rings. The molecule has 0 fully saturated rings. The lowest BCUT2D eigenvalue weighted by Crippen LogP contribution is -2.48. The Morgan fingerprint density at radius 1 is 1.30 bits per heavy atom. The van der Waals surface area contributed by atoms with Crippen molar-refractivity contribution in [3.05, 3.63) is 63.7 Å². The van der Waals surface area contributed by atoms with E-state index in [0.29, 0.717) is 17.0 Å². The number of nitrogens with one attached hydrogen (secondary N) is 1. The Morgan fingerprint density at radius 3 is 2.67 bits per heavy atom. The van der Waals surface area contributed by atoms with E-state index in [4.69, 9.17) is 9.47 Å². The molecule has 1 aliphatic heterocycles. The Kier molecular flexibility index (Phi) is 5.75. The number of amides is 2. The molecule has 0 saturated heterocycles. The van der Waals surface area contributed by atoms with Crippen LogP contribution in [-0.4, -0.2) is 37.2 Å². The molecule has 0 bridgehead atoms. The molecule has 3 rings (SSSR count). The van der Waals surface area contributed by atoms with Gasteiger partial charge in [0.25, 0.3) is 0 Å². The van der Waals surface area contributed by atoms with Gasteiger partial charge in [-0.2, -0.15) is 11.3 Å². The summed E-state index contributed by atoms with van der Waals surface area (Å²) in [5.41, 5.74) is 1.51.